The summed E-state index contributed by atoms with van der Waals surface area (Å²) in [4.78, 5) is 4.86. The van der Waals surface area contributed by atoms with Crippen LogP contribution in [-0.4, -0.2) is 30.8 Å². The fourth-order valence-corrected chi connectivity index (χ4v) is 5.61. The molecule has 182 valence electrons. The Morgan fingerprint density at radius 2 is 1.67 bits per heavy atom. The molecule has 5 heteroatoms. The molecule has 0 aliphatic rings. The molecule has 0 unspecified atom stereocenters. The van der Waals surface area contributed by atoms with Crippen molar-refractivity contribution in [2.45, 2.75) is 17.9 Å². The molecule has 1 heterocycles. The predicted octanol–water partition coefficient (Wildman–Crippen LogP) is 6.79. The van der Waals surface area contributed by atoms with E-state index in [-0.39, 0.29) is 0 Å². The highest BCUT2D eigenvalue weighted by Gasteiger charge is 2.42. The van der Waals surface area contributed by atoms with E-state index < -0.39 is 11.5 Å². The molecule has 0 radical (unpaired) electrons. The largest absolute Gasteiger partial charge is 0.481 e. The number of benzene rings is 4. The average molecular weight is 541 g/mol. The maximum atomic E-state index is 12.9. The number of hydrogen-bond acceptors (Lipinski definition) is 4. The number of aliphatic hydroxyl groups is 1. The molecule has 2 atom stereocenters. The van der Waals surface area contributed by atoms with Gasteiger partial charge in [0.2, 0.25) is 5.88 Å². The number of rotatable bonds is 8. The van der Waals surface area contributed by atoms with Gasteiger partial charge in [-0.15, -0.1) is 0 Å². The molecule has 0 bridgehead atoms. The number of fused-ring (bicyclic) bond motifs is 2. The van der Waals surface area contributed by atoms with Gasteiger partial charge in [0.15, 0.2) is 0 Å². The highest BCUT2D eigenvalue weighted by Crippen LogP contribution is 2.48. The van der Waals surface area contributed by atoms with Gasteiger partial charge in [-0.1, -0.05) is 88.7 Å². The summed E-state index contributed by atoms with van der Waals surface area (Å²) in [5.41, 5.74) is 2.33. The monoisotopic (exact) mass is 540 g/mol. The van der Waals surface area contributed by atoms with Crippen LogP contribution in [-0.2, 0) is 5.60 Å². The van der Waals surface area contributed by atoms with Crippen molar-refractivity contribution in [3.8, 4) is 5.88 Å². The fourth-order valence-electron chi connectivity index (χ4n) is 5.23. The third-order valence-electron chi connectivity index (χ3n) is 6.90. The van der Waals surface area contributed by atoms with Gasteiger partial charge in [0.25, 0.3) is 0 Å². The van der Waals surface area contributed by atoms with E-state index in [1.165, 1.54) is 0 Å². The maximum Gasteiger partial charge on any atom is 0.217 e. The lowest BCUT2D eigenvalue weighted by atomic mass is 9.70. The van der Waals surface area contributed by atoms with E-state index in [4.69, 9.17) is 9.72 Å². The van der Waals surface area contributed by atoms with Gasteiger partial charge in [-0.3, -0.25) is 0 Å². The fraction of sp³-hybridized carbons (Fsp3) is 0.194. The number of methoxy groups -OCH3 is 1. The minimum absolute atomic E-state index is 0.427. The Morgan fingerprint density at radius 1 is 0.917 bits per heavy atom. The highest BCUT2D eigenvalue weighted by atomic mass is 79.9. The zero-order valence-electron chi connectivity index (χ0n) is 20.4. The van der Waals surface area contributed by atoms with Crippen molar-refractivity contribution in [2.75, 3.05) is 20.7 Å². The quantitative estimate of drug-likeness (QED) is 0.227. The number of aromatic nitrogens is 1. The van der Waals surface area contributed by atoms with Crippen molar-refractivity contribution in [2.24, 2.45) is 0 Å². The van der Waals surface area contributed by atoms with Crippen LogP contribution in [0, 0.1) is 0 Å². The Morgan fingerprint density at radius 3 is 2.44 bits per heavy atom. The van der Waals surface area contributed by atoms with Gasteiger partial charge in [-0.2, -0.15) is 0 Å². The first-order valence-electron chi connectivity index (χ1n) is 12.1. The predicted molar refractivity (Wildman–Crippen MR) is 151 cm³/mol. The van der Waals surface area contributed by atoms with Crippen molar-refractivity contribution in [1.29, 1.82) is 0 Å². The van der Waals surface area contributed by atoms with Crippen LogP contribution < -0.4 is 10.1 Å². The first-order valence-corrected chi connectivity index (χ1v) is 12.9. The lowest BCUT2D eigenvalue weighted by Crippen LogP contribution is -2.37. The lowest BCUT2D eigenvalue weighted by Gasteiger charge is -2.39. The Kier molecular flexibility index (Phi) is 7.06. The Bertz CT molecular complexity index is 1500. The number of nitrogens with zero attached hydrogens (tertiary/aromatic N) is 1. The number of hydrogen-bond donors (Lipinski definition) is 2. The summed E-state index contributed by atoms with van der Waals surface area (Å²) in [5.74, 6) is 0.0884. The van der Waals surface area contributed by atoms with E-state index in [0.29, 0.717) is 18.8 Å². The Labute approximate surface area is 220 Å². The minimum Gasteiger partial charge on any atom is -0.481 e. The molecule has 5 aromatic rings. The van der Waals surface area contributed by atoms with Crippen LogP contribution in [0.25, 0.3) is 21.7 Å². The summed E-state index contributed by atoms with van der Waals surface area (Å²) in [6, 6.07) is 32.7. The topological polar surface area (TPSA) is 54.4 Å². The molecule has 4 nitrogen and oxygen atoms in total. The molecule has 36 heavy (non-hydrogen) atoms. The molecule has 0 fully saturated rings. The zero-order chi connectivity index (χ0) is 25.1. The molecular formula is C31H29BrN2O2. The van der Waals surface area contributed by atoms with Crippen LogP contribution in [0.2, 0.25) is 0 Å². The standard InChI is InChI=1S/C31H29BrN2O2/c1-33-18-17-31(35,27-14-8-12-21-9-6-7-13-25(21)27)29(22-10-4-3-5-11-22)26-20-23-19-24(32)15-16-28(23)34-30(26)36-2/h3-16,19-20,29,33,35H,17-18H2,1-2H3/t29-,31-/m1/s1. The number of halogens is 1. The second-order valence-electron chi connectivity index (χ2n) is 9.07. The average Bonchev–Trinajstić information content (AvgIpc) is 2.92. The first-order chi connectivity index (χ1) is 17.5. The van der Waals surface area contributed by atoms with Crippen LogP contribution >= 0.6 is 15.9 Å². The van der Waals surface area contributed by atoms with Crippen molar-refractivity contribution in [3.63, 3.8) is 0 Å². The lowest BCUT2D eigenvalue weighted by molar-refractivity contribution is 0.0118. The SMILES string of the molecule is CNCC[C@@](O)(c1cccc2ccccc12)[C@H](c1ccccc1)c1cc2cc(Br)ccc2nc1OC. The second-order valence-corrected chi connectivity index (χ2v) is 9.99. The van der Waals surface area contributed by atoms with Crippen LogP contribution in [0.1, 0.15) is 29.0 Å². The second kappa shape index (κ2) is 10.4. The summed E-state index contributed by atoms with van der Waals surface area (Å²) in [6.45, 7) is 0.637. The summed E-state index contributed by atoms with van der Waals surface area (Å²) >= 11 is 3.60. The molecule has 1 aromatic heterocycles. The summed E-state index contributed by atoms with van der Waals surface area (Å²) in [6.07, 6.45) is 0.497. The highest BCUT2D eigenvalue weighted by molar-refractivity contribution is 9.10. The van der Waals surface area contributed by atoms with Gasteiger partial charge in [0, 0.05) is 21.3 Å². The summed E-state index contributed by atoms with van der Waals surface area (Å²) in [5, 5.41) is 19.3. The number of pyridine rings is 1. The third kappa shape index (κ3) is 4.50. The van der Waals surface area contributed by atoms with Crippen molar-refractivity contribution in [3.05, 3.63) is 118 Å². The van der Waals surface area contributed by atoms with Crippen molar-refractivity contribution in [1.82, 2.24) is 10.3 Å². The summed E-state index contributed by atoms with van der Waals surface area (Å²) < 4.78 is 6.84. The van der Waals surface area contributed by atoms with Crippen LogP contribution in [0.3, 0.4) is 0 Å². The van der Waals surface area contributed by atoms with E-state index in [0.717, 1.165) is 42.8 Å². The number of ether oxygens (including phenoxy) is 1. The normalized spacial score (nSPS) is 14.0. The van der Waals surface area contributed by atoms with Gasteiger partial charge in [-0.25, -0.2) is 4.98 Å². The van der Waals surface area contributed by atoms with Gasteiger partial charge in [-0.05, 0) is 66.2 Å². The number of nitrogens with one attached hydrogen (secondary N) is 1. The Balaban J connectivity index is 1.84. The zero-order valence-corrected chi connectivity index (χ0v) is 22.0. The molecule has 0 aliphatic heterocycles. The molecule has 2 N–H and O–H groups in total. The van der Waals surface area contributed by atoms with Crippen LogP contribution in [0.5, 0.6) is 5.88 Å². The van der Waals surface area contributed by atoms with E-state index in [2.05, 4.69) is 63.7 Å². The van der Waals surface area contributed by atoms with Crippen molar-refractivity contribution >= 4 is 37.6 Å². The maximum absolute atomic E-state index is 12.9. The summed E-state index contributed by atoms with van der Waals surface area (Å²) in [7, 11) is 3.56. The smallest absolute Gasteiger partial charge is 0.217 e. The van der Waals surface area contributed by atoms with Gasteiger partial charge < -0.3 is 15.2 Å². The molecule has 4 aromatic carbocycles. The minimum atomic E-state index is -1.25. The third-order valence-corrected chi connectivity index (χ3v) is 7.39. The molecule has 0 saturated heterocycles. The van der Waals surface area contributed by atoms with Gasteiger partial charge in [0.05, 0.1) is 12.6 Å². The Hall–Kier alpha value is -3.25. The molecule has 0 amide bonds. The van der Waals surface area contributed by atoms with Gasteiger partial charge in [0.1, 0.15) is 5.60 Å². The van der Waals surface area contributed by atoms with E-state index in [1.807, 2.05) is 61.6 Å². The molecule has 5 rings (SSSR count). The van der Waals surface area contributed by atoms with Crippen LogP contribution in [0.4, 0.5) is 0 Å². The van der Waals surface area contributed by atoms with Crippen LogP contribution in [0.15, 0.2) is 102 Å². The van der Waals surface area contributed by atoms with E-state index >= 15 is 0 Å². The molecular weight excluding hydrogens is 512 g/mol. The van der Waals surface area contributed by atoms with E-state index in [9.17, 15) is 5.11 Å². The van der Waals surface area contributed by atoms with Gasteiger partial charge >= 0.3 is 0 Å². The molecule has 0 saturated carbocycles. The first kappa shape index (κ1) is 24.4. The molecule has 0 spiro atoms. The molecule has 0 aliphatic carbocycles. The van der Waals surface area contributed by atoms with Crippen molar-refractivity contribution < 1.29 is 9.84 Å². The van der Waals surface area contributed by atoms with E-state index in [1.54, 1.807) is 7.11 Å².